The van der Waals surface area contributed by atoms with Gasteiger partial charge in [-0.15, -0.1) is 0 Å². The lowest BCUT2D eigenvalue weighted by atomic mass is 10.1. The number of methoxy groups -OCH3 is 1. The maximum Gasteiger partial charge on any atom is 0.0808 e. The number of aryl methyl sites for hydroxylation is 1. The maximum absolute atomic E-state index is 5.72. The molecule has 0 radical (unpaired) electrons. The lowest BCUT2D eigenvalue weighted by Crippen LogP contribution is -2.19. The Morgan fingerprint density at radius 2 is 1.85 bits per heavy atom. The first-order valence-electron chi connectivity index (χ1n) is 6.93. The third-order valence-electron chi connectivity index (χ3n) is 3.20. The summed E-state index contributed by atoms with van der Waals surface area (Å²) in [6, 6.07) is 16.2. The molecule has 1 heterocycles. The number of pyridine rings is 1. The van der Waals surface area contributed by atoms with Crippen molar-refractivity contribution in [1.29, 1.82) is 0 Å². The minimum absolute atomic E-state index is 0.112. The number of benzene rings is 1. The van der Waals surface area contributed by atoms with E-state index in [0.717, 1.165) is 18.5 Å². The van der Waals surface area contributed by atoms with Crippen LogP contribution in [0.2, 0.25) is 0 Å². The topological polar surface area (TPSA) is 31.4 Å². The average molecular weight is 271 g/mol. The largest absolute Gasteiger partial charge is 0.379 e. The molecule has 20 heavy (non-hydrogen) atoms. The van der Waals surface area contributed by atoms with E-state index in [4.69, 9.17) is 9.47 Å². The van der Waals surface area contributed by atoms with Crippen LogP contribution in [-0.2, 0) is 22.5 Å². The van der Waals surface area contributed by atoms with Gasteiger partial charge in [-0.05, 0) is 30.5 Å². The van der Waals surface area contributed by atoms with Crippen molar-refractivity contribution in [1.82, 2.24) is 4.98 Å². The van der Waals surface area contributed by atoms with Gasteiger partial charge in [0, 0.05) is 19.0 Å². The molecule has 3 nitrogen and oxygen atoms in total. The highest BCUT2D eigenvalue weighted by atomic mass is 16.5. The summed E-state index contributed by atoms with van der Waals surface area (Å²) >= 11 is 0. The van der Waals surface area contributed by atoms with Gasteiger partial charge >= 0.3 is 0 Å². The van der Waals surface area contributed by atoms with Crippen molar-refractivity contribution in [2.45, 2.75) is 25.6 Å². The van der Waals surface area contributed by atoms with Gasteiger partial charge in [0.15, 0.2) is 0 Å². The molecule has 0 bridgehead atoms. The van der Waals surface area contributed by atoms with E-state index in [2.05, 4.69) is 17.1 Å². The van der Waals surface area contributed by atoms with Crippen molar-refractivity contribution < 1.29 is 9.47 Å². The summed E-state index contributed by atoms with van der Waals surface area (Å²) in [6.45, 7) is 1.24. The van der Waals surface area contributed by atoms with Crippen LogP contribution < -0.4 is 0 Å². The molecule has 1 aromatic heterocycles. The third kappa shape index (κ3) is 5.11. The molecule has 2 rings (SSSR count). The first-order chi connectivity index (χ1) is 9.88. The SMILES string of the molecule is COC(CCc1ccccn1)COCc1ccccc1. The minimum Gasteiger partial charge on any atom is -0.379 e. The van der Waals surface area contributed by atoms with Crippen LogP contribution in [0.25, 0.3) is 0 Å². The van der Waals surface area contributed by atoms with E-state index in [1.807, 2.05) is 42.6 Å². The Kier molecular flexibility index (Phi) is 6.21. The van der Waals surface area contributed by atoms with E-state index >= 15 is 0 Å². The Morgan fingerprint density at radius 3 is 2.55 bits per heavy atom. The minimum atomic E-state index is 0.112. The van der Waals surface area contributed by atoms with Gasteiger partial charge in [0.05, 0.1) is 19.3 Å². The van der Waals surface area contributed by atoms with E-state index in [1.54, 1.807) is 7.11 Å². The summed E-state index contributed by atoms with van der Waals surface area (Å²) in [6.07, 6.45) is 3.76. The zero-order valence-corrected chi connectivity index (χ0v) is 11.9. The Labute approximate surface area is 120 Å². The monoisotopic (exact) mass is 271 g/mol. The van der Waals surface area contributed by atoms with Gasteiger partial charge < -0.3 is 9.47 Å². The molecule has 1 atom stereocenters. The number of aromatic nitrogens is 1. The zero-order valence-electron chi connectivity index (χ0n) is 11.9. The van der Waals surface area contributed by atoms with E-state index < -0.39 is 0 Å². The van der Waals surface area contributed by atoms with Crippen molar-refractivity contribution >= 4 is 0 Å². The second-order valence-electron chi connectivity index (χ2n) is 4.72. The number of hydrogen-bond acceptors (Lipinski definition) is 3. The second kappa shape index (κ2) is 8.46. The fourth-order valence-electron chi connectivity index (χ4n) is 2.01. The molecule has 0 aliphatic carbocycles. The van der Waals surface area contributed by atoms with Crippen molar-refractivity contribution in [3.8, 4) is 0 Å². The molecule has 1 unspecified atom stereocenters. The van der Waals surface area contributed by atoms with Crippen LogP contribution >= 0.6 is 0 Å². The molecular weight excluding hydrogens is 250 g/mol. The van der Waals surface area contributed by atoms with Crippen LogP contribution in [0, 0.1) is 0 Å². The van der Waals surface area contributed by atoms with Gasteiger partial charge in [-0.2, -0.15) is 0 Å². The van der Waals surface area contributed by atoms with Crippen LogP contribution in [0.1, 0.15) is 17.7 Å². The van der Waals surface area contributed by atoms with Crippen LogP contribution in [0.3, 0.4) is 0 Å². The molecule has 1 aromatic carbocycles. The predicted octanol–water partition coefficient (Wildman–Crippen LogP) is 3.25. The van der Waals surface area contributed by atoms with Crippen LogP contribution in [0.5, 0.6) is 0 Å². The van der Waals surface area contributed by atoms with E-state index in [-0.39, 0.29) is 6.10 Å². The van der Waals surface area contributed by atoms with Gasteiger partial charge in [0.25, 0.3) is 0 Å². The second-order valence-corrected chi connectivity index (χ2v) is 4.72. The third-order valence-corrected chi connectivity index (χ3v) is 3.20. The molecule has 0 aliphatic heterocycles. The van der Waals surface area contributed by atoms with Crippen molar-refractivity contribution in [3.05, 3.63) is 66.0 Å². The molecule has 0 spiro atoms. The molecule has 106 valence electrons. The quantitative estimate of drug-likeness (QED) is 0.738. The van der Waals surface area contributed by atoms with Crippen molar-refractivity contribution in [2.24, 2.45) is 0 Å². The van der Waals surface area contributed by atoms with Crippen LogP contribution in [0.15, 0.2) is 54.7 Å². The highest BCUT2D eigenvalue weighted by Crippen LogP contribution is 2.07. The molecule has 0 N–H and O–H groups in total. The lowest BCUT2D eigenvalue weighted by Gasteiger charge is -2.15. The predicted molar refractivity (Wildman–Crippen MR) is 79.5 cm³/mol. The van der Waals surface area contributed by atoms with Gasteiger partial charge in [-0.1, -0.05) is 36.4 Å². The fraction of sp³-hybridized carbons (Fsp3) is 0.353. The van der Waals surface area contributed by atoms with Crippen LogP contribution in [0.4, 0.5) is 0 Å². The van der Waals surface area contributed by atoms with Gasteiger partial charge in [0.2, 0.25) is 0 Å². The highest BCUT2D eigenvalue weighted by Gasteiger charge is 2.08. The Bertz CT molecular complexity index is 473. The molecule has 0 fully saturated rings. The Balaban J connectivity index is 1.70. The summed E-state index contributed by atoms with van der Waals surface area (Å²) < 4.78 is 11.2. The first-order valence-corrected chi connectivity index (χ1v) is 6.93. The number of rotatable bonds is 8. The number of ether oxygens (including phenoxy) is 2. The highest BCUT2D eigenvalue weighted by molar-refractivity contribution is 5.13. The molecule has 0 saturated carbocycles. The van der Waals surface area contributed by atoms with Crippen LogP contribution in [-0.4, -0.2) is 24.8 Å². The number of nitrogens with zero attached hydrogens (tertiary/aromatic N) is 1. The normalized spacial score (nSPS) is 12.2. The maximum atomic E-state index is 5.72. The summed E-state index contributed by atoms with van der Waals surface area (Å²) in [5.41, 5.74) is 2.28. The van der Waals surface area contributed by atoms with Crippen molar-refractivity contribution in [3.63, 3.8) is 0 Å². The Morgan fingerprint density at radius 1 is 1.05 bits per heavy atom. The molecular formula is C17H21NO2. The first kappa shape index (κ1) is 14.7. The van der Waals surface area contributed by atoms with Gasteiger partial charge in [0.1, 0.15) is 0 Å². The van der Waals surface area contributed by atoms with E-state index in [0.29, 0.717) is 13.2 Å². The number of hydrogen-bond donors (Lipinski definition) is 0. The van der Waals surface area contributed by atoms with Gasteiger partial charge in [-0.25, -0.2) is 0 Å². The average Bonchev–Trinajstić information content (AvgIpc) is 2.52. The van der Waals surface area contributed by atoms with E-state index in [1.165, 1.54) is 5.56 Å². The molecule has 0 saturated heterocycles. The lowest BCUT2D eigenvalue weighted by molar-refractivity contribution is -0.00177. The summed E-state index contributed by atoms with van der Waals surface area (Å²) in [4.78, 5) is 4.32. The summed E-state index contributed by atoms with van der Waals surface area (Å²) in [7, 11) is 1.73. The fourth-order valence-corrected chi connectivity index (χ4v) is 2.01. The zero-order chi connectivity index (χ0) is 14.0. The molecule has 0 aliphatic rings. The van der Waals surface area contributed by atoms with E-state index in [9.17, 15) is 0 Å². The summed E-state index contributed by atoms with van der Waals surface area (Å²) in [5.74, 6) is 0. The summed E-state index contributed by atoms with van der Waals surface area (Å²) in [5, 5.41) is 0. The van der Waals surface area contributed by atoms with Gasteiger partial charge in [-0.3, -0.25) is 4.98 Å². The molecule has 0 amide bonds. The smallest absolute Gasteiger partial charge is 0.0808 e. The molecule has 2 aromatic rings. The van der Waals surface area contributed by atoms with Crippen molar-refractivity contribution in [2.75, 3.05) is 13.7 Å². The standard InChI is InChI=1S/C17H21NO2/c1-19-17(11-10-16-9-5-6-12-18-16)14-20-13-15-7-3-2-4-8-15/h2-9,12,17H,10-11,13-14H2,1H3. The molecule has 3 heteroatoms. The Hall–Kier alpha value is -1.71.